The van der Waals surface area contributed by atoms with Crippen molar-refractivity contribution in [1.82, 2.24) is 10.3 Å². The second-order valence-electron chi connectivity index (χ2n) is 6.35. The molecule has 21 heavy (non-hydrogen) atoms. The zero-order chi connectivity index (χ0) is 14.5. The minimum atomic E-state index is -0.338. The Morgan fingerprint density at radius 1 is 1.29 bits per heavy atom. The van der Waals surface area contributed by atoms with Crippen LogP contribution in [0, 0.1) is 5.41 Å². The van der Waals surface area contributed by atoms with Gasteiger partial charge in [0.15, 0.2) is 0 Å². The van der Waals surface area contributed by atoms with Crippen molar-refractivity contribution in [3.05, 3.63) is 30.1 Å². The van der Waals surface area contributed by atoms with E-state index in [0.717, 1.165) is 37.8 Å². The van der Waals surface area contributed by atoms with E-state index in [1.165, 1.54) is 12.8 Å². The molecule has 4 heteroatoms. The third-order valence-electron chi connectivity index (χ3n) is 4.87. The van der Waals surface area contributed by atoms with E-state index in [1.807, 2.05) is 18.2 Å². The number of hydrogen-bond acceptors (Lipinski definition) is 3. The van der Waals surface area contributed by atoms with Gasteiger partial charge in [0.05, 0.1) is 5.41 Å². The molecule has 1 saturated carbocycles. The molecular weight excluding hydrogens is 264 g/mol. The summed E-state index contributed by atoms with van der Waals surface area (Å²) >= 11 is 0. The molecule has 2 heterocycles. The van der Waals surface area contributed by atoms with Crippen molar-refractivity contribution in [3.63, 3.8) is 0 Å². The molecule has 2 aliphatic rings. The molecule has 0 spiro atoms. The maximum Gasteiger partial charge on any atom is 0.227 e. The summed E-state index contributed by atoms with van der Waals surface area (Å²) in [5.74, 6) is 0.211. The highest BCUT2D eigenvalue weighted by Crippen LogP contribution is 2.35. The standard InChI is InChI=1S/C17H24N2O2/c20-16(19-14-5-1-2-6-14)17(8-11-21-12-9-17)13-15-7-3-4-10-18-15/h3-4,7,10,14H,1-2,5-6,8-9,11-13H2,(H,19,20). The third kappa shape index (κ3) is 3.43. The Morgan fingerprint density at radius 3 is 2.71 bits per heavy atom. The number of ether oxygens (including phenoxy) is 1. The number of carbonyl (C=O) groups excluding carboxylic acids is 1. The highest BCUT2D eigenvalue weighted by atomic mass is 16.5. The lowest BCUT2D eigenvalue weighted by Crippen LogP contribution is -2.48. The molecule has 0 aromatic carbocycles. The van der Waals surface area contributed by atoms with Gasteiger partial charge in [0.1, 0.15) is 0 Å². The first kappa shape index (κ1) is 14.5. The summed E-state index contributed by atoms with van der Waals surface area (Å²) in [6.45, 7) is 1.34. The lowest BCUT2D eigenvalue weighted by molar-refractivity contribution is -0.137. The topological polar surface area (TPSA) is 51.2 Å². The Morgan fingerprint density at radius 2 is 2.05 bits per heavy atom. The fourth-order valence-corrected chi connectivity index (χ4v) is 3.50. The SMILES string of the molecule is O=C(NC1CCCC1)C1(Cc2ccccn2)CCOCC1. The van der Waals surface area contributed by atoms with Gasteiger partial charge in [0.2, 0.25) is 5.91 Å². The van der Waals surface area contributed by atoms with Gasteiger partial charge in [-0.2, -0.15) is 0 Å². The van der Waals surface area contributed by atoms with Gasteiger partial charge >= 0.3 is 0 Å². The summed E-state index contributed by atoms with van der Waals surface area (Å²) in [6, 6.07) is 6.30. The van der Waals surface area contributed by atoms with E-state index < -0.39 is 0 Å². The van der Waals surface area contributed by atoms with Crippen LogP contribution in [-0.4, -0.2) is 30.1 Å². The Hall–Kier alpha value is -1.42. The highest BCUT2D eigenvalue weighted by Gasteiger charge is 2.41. The van der Waals surface area contributed by atoms with E-state index >= 15 is 0 Å². The van der Waals surface area contributed by atoms with Crippen molar-refractivity contribution in [2.45, 2.75) is 51.0 Å². The zero-order valence-electron chi connectivity index (χ0n) is 12.5. The Kier molecular flexibility index (Phi) is 4.54. The smallest absolute Gasteiger partial charge is 0.227 e. The van der Waals surface area contributed by atoms with Gasteiger partial charge in [0, 0.05) is 37.6 Å². The normalized spacial score (nSPS) is 22.1. The molecule has 4 nitrogen and oxygen atoms in total. The average molecular weight is 288 g/mol. The quantitative estimate of drug-likeness (QED) is 0.926. The van der Waals surface area contributed by atoms with Gasteiger partial charge in [-0.3, -0.25) is 9.78 Å². The predicted molar refractivity (Wildman–Crippen MR) is 80.8 cm³/mol. The number of pyridine rings is 1. The van der Waals surface area contributed by atoms with E-state index in [-0.39, 0.29) is 11.3 Å². The lowest BCUT2D eigenvalue weighted by atomic mass is 9.75. The molecule has 0 unspecified atom stereocenters. The number of nitrogens with one attached hydrogen (secondary N) is 1. The van der Waals surface area contributed by atoms with Crippen LogP contribution in [0.15, 0.2) is 24.4 Å². The number of carbonyl (C=O) groups is 1. The predicted octanol–water partition coefficient (Wildman–Crippen LogP) is 2.48. The summed E-state index contributed by atoms with van der Waals surface area (Å²) in [4.78, 5) is 17.3. The highest BCUT2D eigenvalue weighted by molar-refractivity contribution is 5.83. The molecule has 1 N–H and O–H groups in total. The second-order valence-corrected chi connectivity index (χ2v) is 6.35. The number of nitrogens with zero attached hydrogens (tertiary/aromatic N) is 1. The van der Waals surface area contributed by atoms with E-state index in [4.69, 9.17) is 4.74 Å². The third-order valence-corrected chi connectivity index (χ3v) is 4.87. The van der Waals surface area contributed by atoms with Crippen molar-refractivity contribution in [2.75, 3.05) is 13.2 Å². The second kappa shape index (κ2) is 6.56. The van der Waals surface area contributed by atoms with Crippen LogP contribution in [0.1, 0.15) is 44.2 Å². The Balaban J connectivity index is 1.73. The minimum Gasteiger partial charge on any atom is -0.381 e. The van der Waals surface area contributed by atoms with Gasteiger partial charge in [-0.1, -0.05) is 18.9 Å². The molecule has 0 atom stereocenters. The van der Waals surface area contributed by atoms with Gasteiger partial charge in [-0.25, -0.2) is 0 Å². The molecule has 0 radical (unpaired) electrons. The number of rotatable bonds is 4. The molecule has 1 amide bonds. The summed E-state index contributed by atoms with van der Waals surface area (Å²) in [7, 11) is 0. The molecule has 1 aromatic heterocycles. The number of hydrogen-bond donors (Lipinski definition) is 1. The van der Waals surface area contributed by atoms with Crippen LogP contribution in [0.3, 0.4) is 0 Å². The van der Waals surface area contributed by atoms with Crippen LogP contribution in [-0.2, 0) is 16.0 Å². The molecule has 2 fully saturated rings. The van der Waals surface area contributed by atoms with Crippen molar-refractivity contribution in [1.29, 1.82) is 0 Å². The molecule has 114 valence electrons. The molecule has 1 aliphatic heterocycles. The molecular formula is C17H24N2O2. The molecule has 1 aromatic rings. The average Bonchev–Trinajstić information content (AvgIpc) is 3.02. The van der Waals surface area contributed by atoms with Crippen LogP contribution in [0.25, 0.3) is 0 Å². The fraction of sp³-hybridized carbons (Fsp3) is 0.647. The van der Waals surface area contributed by atoms with Crippen LogP contribution >= 0.6 is 0 Å². The monoisotopic (exact) mass is 288 g/mol. The van der Waals surface area contributed by atoms with E-state index in [1.54, 1.807) is 6.20 Å². The van der Waals surface area contributed by atoms with E-state index in [2.05, 4.69) is 10.3 Å². The zero-order valence-corrected chi connectivity index (χ0v) is 12.5. The van der Waals surface area contributed by atoms with E-state index in [0.29, 0.717) is 19.3 Å². The molecule has 1 saturated heterocycles. The van der Waals surface area contributed by atoms with Crippen LogP contribution in [0.5, 0.6) is 0 Å². The Bertz CT molecular complexity index is 463. The van der Waals surface area contributed by atoms with Crippen LogP contribution < -0.4 is 5.32 Å². The van der Waals surface area contributed by atoms with Gasteiger partial charge in [0.25, 0.3) is 0 Å². The minimum absolute atomic E-state index is 0.211. The first-order chi connectivity index (χ1) is 10.3. The van der Waals surface area contributed by atoms with Gasteiger partial charge in [-0.05, 0) is 37.8 Å². The molecule has 0 bridgehead atoms. The number of amides is 1. The fourth-order valence-electron chi connectivity index (χ4n) is 3.50. The summed E-state index contributed by atoms with van der Waals surface area (Å²) in [5, 5.41) is 3.29. The van der Waals surface area contributed by atoms with Gasteiger partial charge in [-0.15, -0.1) is 0 Å². The maximum atomic E-state index is 12.9. The van der Waals surface area contributed by atoms with Crippen molar-refractivity contribution in [3.8, 4) is 0 Å². The Labute approximate surface area is 126 Å². The first-order valence-corrected chi connectivity index (χ1v) is 8.07. The summed E-state index contributed by atoms with van der Waals surface area (Å²) < 4.78 is 5.48. The lowest BCUT2D eigenvalue weighted by Gasteiger charge is -2.36. The van der Waals surface area contributed by atoms with Gasteiger partial charge < -0.3 is 10.1 Å². The van der Waals surface area contributed by atoms with Crippen molar-refractivity contribution in [2.24, 2.45) is 5.41 Å². The first-order valence-electron chi connectivity index (χ1n) is 8.07. The van der Waals surface area contributed by atoms with Crippen LogP contribution in [0.2, 0.25) is 0 Å². The van der Waals surface area contributed by atoms with Crippen molar-refractivity contribution < 1.29 is 9.53 Å². The van der Waals surface area contributed by atoms with Crippen molar-refractivity contribution >= 4 is 5.91 Å². The summed E-state index contributed by atoms with van der Waals surface area (Å²) in [6.07, 6.45) is 8.84. The molecule has 1 aliphatic carbocycles. The molecule has 3 rings (SSSR count). The summed E-state index contributed by atoms with van der Waals surface area (Å²) in [5.41, 5.74) is 0.663. The maximum absolute atomic E-state index is 12.9. The largest absolute Gasteiger partial charge is 0.381 e. The number of aromatic nitrogens is 1. The van der Waals surface area contributed by atoms with E-state index in [9.17, 15) is 4.79 Å². The van der Waals surface area contributed by atoms with Crippen LogP contribution in [0.4, 0.5) is 0 Å².